The summed E-state index contributed by atoms with van der Waals surface area (Å²) >= 11 is 1.89. The van der Waals surface area contributed by atoms with Gasteiger partial charge in [-0.05, 0) is 6.07 Å². The van der Waals surface area contributed by atoms with Gasteiger partial charge in [0.1, 0.15) is 26.6 Å². The fourth-order valence-corrected chi connectivity index (χ4v) is 5.28. The normalized spacial score (nSPS) is 36.9. The minimum absolute atomic E-state index is 0. The van der Waals surface area contributed by atoms with Gasteiger partial charge in [0, 0.05) is 21.0 Å². The first-order chi connectivity index (χ1) is 9.80. The molecule has 4 fully saturated rings. The van der Waals surface area contributed by atoms with Crippen LogP contribution in [0.5, 0.6) is 0 Å². The molecule has 0 amide bonds. The van der Waals surface area contributed by atoms with Gasteiger partial charge in [-0.15, -0.1) is 11.3 Å². The summed E-state index contributed by atoms with van der Waals surface area (Å²) in [5.41, 5.74) is 1.54. The standard InChI is InChI=1S/C15H19N4S.ClH/c1-2-4-15-14(3-1)13(6-20-15)5-19-10-16-7-17(11-19)9-18(8-16)12-19;/h1-4,6H,5,7-12H2;1H/q+1;/p-1. The molecule has 6 heteroatoms. The third-order valence-electron chi connectivity index (χ3n) is 4.77. The topological polar surface area (TPSA) is 9.72 Å². The summed E-state index contributed by atoms with van der Waals surface area (Å²) in [7, 11) is 0. The van der Waals surface area contributed by atoms with Crippen molar-refractivity contribution < 1.29 is 16.9 Å². The third-order valence-corrected chi connectivity index (χ3v) is 5.78. The van der Waals surface area contributed by atoms with Crippen LogP contribution in [0.25, 0.3) is 10.1 Å². The van der Waals surface area contributed by atoms with Crippen molar-refractivity contribution >= 4 is 21.4 Å². The molecule has 4 aliphatic rings. The molecular weight excluding hydrogens is 304 g/mol. The van der Waals surface area contributed by atoms with E-state index in [1.165, 1.54) is 66.7 Å². The monoisotopic (exact) mass is 322 g/mol. The highest BCUT2D eigenvalue weighted by Gasteiger charge is 2.48. The molecule has 1 aromatic carbocycles. The Morgan fingerprint density at radius 3 is 2.24 bits per heavy atom. The quantitative estimate of drug-likeness (QED) is 0.651. The van der Waals surface area contributed by atoms with E-state index in [0.29, 0.717) is 0 Å². The van der Waals surface area contributed by atoms with Crippen LogP contribution in [0.15, 0.2) is 29.6 Å². The van der Waals surface area contributed by atoms with Crippen molar-refractivity contribution in [3.63, 3.8) is 0 Å². The number of halogens is 1. The van der Waals surface area contributed by atoms with Gasteiger partial charge in [0.2, 0.25) is 0 Å². The fourth-order valence-electron chi connectivity index (χ4n) is 4.32. The Bertz CT molecular complexity index is 635. The van der Waals surface area contributed by atoms with Crippen molar-refractivity contribution in [3.8, 4) is 0 Å². The lowest BCUT2D eigenvalue weighted by Crippen LogP contribution is -3.00. The molecule has 4 bridgehead atoms. The van der Waals surface area contributed by atoms with Gasteiger partial charge < -0.3 is 12.4 Å². The van der Waals surface area contributed by atoms with Gasteiger partial charge in [-0.1, -0.05) is 18.2 Å². The Labute approximate surface area is 135 Å². The number of quaternary nitrogens is 1. The zero-order valence-corrected chi connectivity index (χ0v) is 13.5. The summed E-state index contributed by atoms with van der Waals surface area (Å²) in [6.45, 7) is 8.34. The first kappa shape index (κ1) is 13.9. The van der Waals surface area contributed by atoms with Crippen molar-refractivity contribution in [1.82, 2.24) is 14.7 Å². The zero-order valence-electron chi connectivity index (χ0n) is 11.9. The van der Waals surface area contributed by atoms with Crippen LogP contribution in [-0.2, 0) is 6.54 Å². The maximum absolute atomic E-state index is 2.59. The SMILES string of the molecule is [Cl-].c1ccc2c(C[N+]34CN5CN(CN(C5)C3)C4)csc2c1. The molecule has 0 unspecified atom stereocenters. The van der Waals surface area contributed by atoms with Gasteiger partial charge in [-0.25, -0.2) is 14.7 Å². The molecule has 0 aliphatic carbocycles. The largest absolute Gasteiger partial charge is 1.00 e. The second-order valence-electron chi connectivity index (χ2n) is 6.62. The van der Waals surface area contributed by atoms with Crippen molar-refractivity contribution in [2.75, 3.05) is 40.0 Å². The molecule has 4 saturated heterocycles. The Morgan fingerprint density at radius 2 is 1.57 bits per heavy atom. The van der Waals surface area contributed by atoms with E-state index < -0.39 is 0 Å². The molecule has 0 atom stereocenters. The lowest BCUT2D eigenvalue weighted by Gasteiger charge is -2.60. The highest BCUT2D eigenvalue weighted by atomic mass is 35.5. The van der Waals surface area contributed by atoms with E-state index in [1.807, 2.05) is 11.3 Å². The van der Waals surface area contributed by atoms with Crippen LogP contribution in [0.4, 0.5) is 0 Å². The average molecular weight is 323 g/mol. The number of hydrogen-bond donors (Lipinski definition) is 0. The van der Waals surface area contributed by atoms with Gasteiger partial charge in [-0.2, -0.15) is 0 Å². The Kier molecular flexibility index (Phi) is 3.26. The minimum atomic E-state index is 0. The lowest BCUT2D eigenvalue weighted by molar-refractivity contribution is -0.991. The number of benzene rings is 1. The molecular formula is C15H19ClN4S. The molecule has 4 aliphatic heterocycles. The summed E-state index contributed by atoms with van der Waals surface area (Å²) in [4.78, 5) is 7.77. The minimum Gasteiger partial charge on any atom is -1.00 e. The molecule has 1 aromatic heterocycles. The number of nitrogens with zero attached hydrogens (tertiary/aromatic N) is 4. The Balaban J connectivity index is 0.00000115. The van der Waals surface area contributed by atoms with Crippen molar-refractivity contribution in [1.29, 1.82) is 0 Å². The molecule has 0 spiro atoms. The van der Waals surface area contributed by atoms with Crippen LogP contribution in [0.3, 0.4) is 0 Å². The summed E-state index contributed by atoms with van der Waals surface area (Å²) in [6.07, 6.45) is 0. The van der Waals surface area contributed by atoms with Gasteiger partial charge in [0.05, 0.1) is 20.0 Å². The van der Waals surface area contributed by atoms with Crippen LogP contribution in [0.2, 0.25) is 0 Å². The van der Waals surface area contributed by atoms with E-state index in [4.69, 9.17) is 0 Å². The molecule has 4 nitrogen and oxygen atoms in total. The van der Waals surface area contributed by atoms with E-state index >= 15 is 0 Å². The van der Waals surface area contributed by atoms with Crippen molar-refractivity contribution in [3.05, 3.63) is 35.2 Å². The first-order valence-electron chi connectivity index (χ1n) is 7.27. The molecule has 112 valence electrons. The van der Waals surface area contributed by atoms with E-state index in [-0.39, 0.29) is 12.4 Å². The van der Waals surface area contributed by atoms with Gasteiger partial charge in [0.15, 0.2) is 0 Å². The van der Waals surface area contributed by atoms with Gasteiger partial charge in [0.25, 0.3) is 0 Å². The predicted octanol–water partition coefficient (Wildman–Crippen LogP) is -1.09. The van der Waals surface area contributed by atoms with E-state index in [2.05, 4.69) is 44.3 Å². The highest BCUT2D eigenvalue weighted by molar-refractivity contribution is 7.17. The van der Waals surface area contributed by atoms with Crippen molar-refractivity contribution in [2.45, 2.75) is 6.54 Å². The van der Waals surface area contributed by atoms with Crippen LogP contribution >= 0.6 is 11.3 Å². The number of rotatable bonds is 2. The molecule has 21 heavy (non-hydrogen) atoms. The maximum Gasteiger partial charge on any atom is 0.139 e. The number of thiophene rings is 1. The first-order valence-corrected chi connectivity index (χ1v) is 8.15. The zero-order chi connectivity index (χ0) is 13.2. The van der Waals surface area contributed by atoms with Crippen LogP contribution in [0, 0.1) is 0 Å². The fraction of sp³-hybridized carbons (Fsp3) is 0.467. The second kappa shape index (κ2) is 4.91. The van der Waals surface area contributed by atoms with E-state index in [9.17, 15) is 0 Å². The number of fused-ring (bicyclic) bond motifs is 1. The summed E-state index contributed by atoms with van der Waals surface area (Å²) in [6, 6.07) is 8.84. The summed E-state index contributed by atoms with van der Waals surface area (Å²) < 4.78 is 2.62. The molecule has 0 saturated carbocycles. The second-order valence-corrected chi connectivity index (χ2v) is 7.53. The highest BCUT2D eigenvalue weighted by Crippen LogP contribution is 2.34. The van der Waals surface area contributed by atoms with Gasteiger partial charge in [-0.3, -0.25) is 4.48 Å². The van der Waals surface area contributed by atoms with Crippen LogP contribution in [-0.4, -0.2) is 59.2 Å². The lowest BCUT2D eigenvalue weighted by atomic mass is 10.1. The number of hydrogen-bond acceptors (Lipinski definition) is 4. The Morgan fingerprint density at radius 1 is 0.952 bits per heavy atom. The van der Waals surface area contributed by atoms with Crippen LogP contribution in [0.1, 0.15) is 5.56 Å². The molecule has 5 heterocycles. The molecule has 2 aromatic rings. The average Bonchev–Trinajstić information content (AvgIpc) is 2.80. The maximum atomic E-state index is 2.59. The van der Waals surface area contributed by atoms with E-state index in [1.54, 1.807) is 0 Å². The molecule has 6 rings (SSSR count). The predicted molar refractivity (Wildman–Crippen MR) is 80.5 cm³/mol. The Hall–Kier alpha value is -0.690. The van der Waals surface area contributed by atoms with Crippen molar-refractivity contribution in [2.24, 2.45) is 0 Å². The third kappa shape index (κ3) is 2.20. The van der Waals surface area contributed by atoms with E-state index in [0.717, 1.165) is 0 Å². The molecule has 0 radical (unpaired) electrons. The van der Waals surface area contributed by atoms with Crippen LogP contribution < -0.4 is 12.4 Å². The smallest absolute Gasteiger partial charge is 0.139 e. The van der Waals surface area contributed by atoms with Gasteiger partial charge >= 0.3 is 0 Å². The summed E-state index contributed by atoms with van der Waals surface area (Å²) in [5, 5.41) is 3.84. The molecule has 0 N–H and O–H groups in total. The summed E-state index contributed by atoms with van der Waals surface area (Å²) in [5.74, 6) is 0.